The van der Waals surface area contributed by atoms with Gasteiger partial charge in [-0.3, -0.25) is 4.79 Å². The second-order valence-corrected chi connectivity index (χ2v) is 7.07. The summed E-state index contributed by atoms with van der Waals surface area (Å²) < 4.78 is 10.7. The molecule has 27 heavy (non-hydrogen) atoms. The normalized spacial score (nSPS) is 20.4. The van der Waals surface area contributed by atoms with Gasteiger partial charge in [0, 0.05) is 38.0 Å². The van der Waals surface area contributed by atoms with Gasteiger partial charge < -0.3 is 19.5 Å². The monoisotopic (exact) mass is 371 g/mol. The molecule has 2 saturated heterocycles. The molecule has 0 aromatic carbocycles. The Morgan fingerprint density at radius 3 is 2.85 bits per heavy atom. The Bertz CT molecular complexity index is 764. The molecule has 8 heteroatoms. The molecule has 2 aromatic rings. The predicted octanol–water partition coefficient (Wildman–Crippen LogP) is 2.42. The maximum Gasteiger partial charge on any atom is 0.316 e. The smallest absolute Gasteiger partial charge is 0.316 e. The molecule has 8 nitrogen and oxygen atoms in total. The van der Waals surface area contributed by atoms with Crippen LogP contribution in [0.2, 0.25) is 0 Å². The van der Waals surface area contributed by atoms with E-state index in [2.05, 4.69) is 25.3 Å². The summed E-state index contributed by atoms with van der Waals surface area (Å²) in [5.74, 6) is 0.918. The van der Waals surface area contributed by atoms with Gasteiger partial charge in [0.25, 0.3) is 0 Å². The van der Waals surface area contributed by atoms with Crippen LogP contribution in [0, 0.1) is 0 Å². The van der Waals surface area contributed by atoms with E-state index in [4.69, 9.17) is 9.26 Å². The van der Waals surface area contributed by atoms with Crippen molar-refractivity contribution in [1.82, 2.24) is 20.4 Å². The fraction of sp³-hybridized carbons (Fsp3) is 0.579. The van der Waals surface area contributed by atoms with Crippen LogP contribution >= 0.6 is 0 Å². The zero-order chi connectivity index (χ0) is 18.5. The van der Waals surface area contributed by atoms with Crippen molar-refractivity contribution < 1.29 is 14.1 Å². The van der Waals surface area contributed by atoms with Gasteiger partial charge in [0.2, 0.25) is 5.82 Å². The van der Waals surface area contributed by atoms with Crippen LogP contribution < -0.4 is 10.2 Å². The lowest BCUT2D eigenvalue weighted by atomic mass is 10.2. The molecule has 144 valence electrons. The van der Waals surface area contributed by atoms with Crippen LogP contribution in [0.15, 0.2) is 22.9 Å². The fourth-order valence-corrected chi connectivity index (χ4v) is 3.55. The summed E-state index contributed by atoms with van der Waals surface area (Å²) in [7, 11) is 0. The van der Waals surface area contributed by atoms with Crippen molar-refractivity contribution in [3.63, 3.8) is 0 Å². The van der Waals surface area contributed by atoms with Gasteiger partial charge in [-0.05, 0) is 37.8 Å². The highest BCUT2D eigenvalue weighted by Gasteiger charge is 2.21. The number of amides is 1. The van der Waals surface area contributed by atoms with E-state index in [1.807, 2.05) is 12.1 Å². The summed E-state index contributed by atoms with van der Waals surface area (Å²) >= 11 is 0. The van der Waals surface area contributed by atoms with E-state index in [-0.39, 0.29) is 17.9 Å². The number of carbonyl (C=O) groups is 1. The molecule has 4 heterocycles. The minimum Gasteiger partial charge on any atom is -0.376 e. The fourth-order valence-electron chi connectivity index (χ4n) is 3.55. The van der Waals surface area contributed by atoms with Gasteiger partial charge in [-0.2, -0.15) is 4.98 Å². The van der Waals surface area contributed by atoms with E-state index in [0.717, 1.165) is 43.9 Å². The topological polar surface area (TPSA) is 93.4 Å². The molecule has 2 fully saturated rings. The SMILES string of the molecule is O=C(NC[C@H]1CCCO1)c1nc(-c2ccnc(N3CCCCCC3)c2)no1. The van der Waals surface area contributed by atoms with Gasteiger partial charge in [0.15, 0.2) is 0 Å². The van der Waals surface area contributed by atoms with Gasteiger partial charge in [-0.25, -0.2) is 4.98 Å². The summed E-state index contributed by atoms with van der Waals surface area (Å²) in [5.41, 5.74) is 0.797. The molecule has 0 saturated carbocycles. The highest BCUT2D eigenvalue weighted by Crippen LogP contribution is 2.23. The number of pyridine rings is 1. The molecule has 0 aliphatic carbocycles. The number of anilines is 1. The minimum absolute atomic E-state index is 0.0314. The number of nitrogens with one attached hydrogen (secondary N) is 1. The van der Waals surface area contributed by atoms with Crippen molar-refractivity contribution in [2.24, 2.45) is 0 Å². The molecule has 0 radical (unpaired) electrons. The Morgan fingerprint density at radius 1 is 1.22 bits per heavy atom. The molecular formula is C19H25N5O3. The number of hydrogen-bond donors (Lipinski definition) is 1. The third-order valence-corrected chi connectivity index (χ3v) is 5.07. The third-order valence-electron chi connectivity index (χ3n) is 5.07. The van der Waals surface area contributed by atoms with Gasteiger partial charge >= 0.3 is 11.8 Å². The van der Waals surface area contributed by atoms with Crippen LogP contribution in [0.25, 0.3) is 11.4 Å². The second kappa shape index (κ2) is 8.47. The van der Waals surface area contributed by atoms with Crippen molar-refractivity contribution in [2.45, 2.75) is 44.6 Å². The zero-order valence-corrected chi connectivity index (χ0v) is 15.4. The lowest BCUT2D eigenvalue weighted by Crippen LogP contribution is -2.31. The Labute approximate surface area is 158 Å². The van der Waals surface area contributed by atoms with Crippen LogP contribution in [0.5, 0.6) is 0 Å². The molecular weight excluding hydrogens is 346 g/mol. The maximum atomic E-state index is 12.2. The van der Waals surface area contributed by atoms with Gasteiger partial charge in [-0.15, -0.1) is 0 Å². The standard InChI is InChI=1S/C19H25N5O3/c25-18(21-13-15-6-5-11-26-15)19-22-17(23-27-19)14-7-8-20-16(12-14)24-9-3-1-2-4-10-24/h7-8,12,15H,1-6,9-11,13H2,(H,21,25)/t15-/m1/s1. The lowest BCUT2D eigenvalue weighted by molar-refractivity contribution is 0.0822. The minimum atomic E-state index is -0.369. The van der Waals surface area contributed by atoms with Crippen LogP contribution in [-0.2, 0) is 4.74 Å². The Hall–Kier alpha value is -2.48. The Balaban J connectivity index is 1.42. The summed E-state index contributed by atoms with van der Waals surface area (Å²) in [5, 5.41) is 6.76. The zero-order valence-electron chi connectivity index (χ0n) is 15.4. The number of ether oxygens (including phenoxy) is 1. The molecule has 1 amide bonds. The summed E-state index contributed by atoms with van der Waals surface area (Å²) in [6.07, 6.45) is 8.73. The van der Waals surface area contributed by atoms with Crippen LogP contribution in [0.4, 0.5) is 5.82 Å². The quantitative estimate of drug-likeness (QED) is 0.862. The van der Waals surface area contributed by atoms with Gasteiger partial charge in [-0.1, -0.05) is 18.0 Å². The first-order valence-corrected chi connectivity index (χ1v) is 9.74. The van der Waals surface area contributed by atoms with Crippen molar-refractivity contribution in [3.8, 4) is 11.4 Å². The highest BCUT2D eigenvalue weighted by atomic mass is 16.5. The number of aromatic nitrogens is 3. The molecule has 0 spiro atoms. The highest BCUT2D eigenvalue weighted by molar-refractivity contribution is 5.89. The Morgan fingerprint density at radius 2 is 2.07 bits per heavy atom. The summed E-state index contributed by atoms with van der Waals surface area (Å²) in [6, 6.07) is 3.80. The molecule has 2 aliphatic rings. The van der Waals surface area contributed by atoms with Crippen molar-refractivity contribution in [2.75, 3.05) is 31.1 Å². The molecule has 0 unspecified atom stereocenters. The van der Waals surface area contributed by atoms with E-state index < -0.39 is 0 Å². The van der Waals surface area contributed by atoms with E-state index in [1.54, 1.807) is 6.20 Å². The first-order chi connectivity index (χ1) is 13.3. The van der Waals surface area contributed by atoms with E-state index in [0.29, 0.717) is 12.4 Å². The number of nitrogens with zero attached hydrogens (tertiary/aromatic N) is 4. The predicted molar refractivity (Wildman–Crippen MR) is 99.5 cm³/mol. The van der Waals surface area contributed by atoms with Crippen LogP contribution in [0.1, 0.15) is 49.2 Å². The average Bonchev–Trinajstić information content (AvgIpc) is 3.33. The molecule has 1 N–H and O–H groups in total. The Kier molecular flexibility index (Phi) is 5.62. The first kappa shape index (κ1) is 17.9. The first-order valence-electron chi connectivity index (χ1n) is 9.74. The van der Waals surface area contributed by atoms with E-state index in [9.17, 15) is 4.79 Å². The summed E-state index contributed by atoms with van der Waals surface area (Å²) in [4.78, 5) is 23.3. The van der Waals surface area contributed by atoms with E-state index in [1.165, 1.54) is 25.7 Å². The molecule has 2 aromatic heterocycles. The van der Waals surface area contributed by atoms with Gasteiger partial charge in [0.1, 0.15) is 5.82 Å². The van der Waals surface area contributed by atoms with Crippen molar-refractivity contribution >= 4 is 11.7 Å². The molecule has 2 aliphatic heterocycles. The molecule has 0 bridgehead atoms. The lowest BCUT2D eigenvalue weighted by Gasteiger charge is -2.21. The average molecular weight is 371 g/mol. The number of rotatable bonds is 5. The molecule has 1 atom stereocenters. The summed E-state index contributed by atoms with van der Waals surface area (Å²) in [6.45, 7) is 3.25. The third kappa shape index (κ3) is 4.44. The van der Waals surface area contributed by atoms with Crippen molar-refractivity contribution in [1.29, 1.82) is 0 Å². The maximum absolute atomic E-state index is 12.2. The van der Waals surface area contributed by atoms with Gasteiger partial charge in [0.05, 0.1) is 6.10 Å². The van der Waals surface area contributed by atoms with Crippen LogP contribution in [-0.4, -0.2) is 53.4 Å². The molecule has 4 rings (SSSR count). The van der Waals surface area contributed by atoms with Crippen molar-refractivity contribution in [3.05, 3.63) is 24.2 Å². The van der Waals surface area contributed by atoms with E-state index >= 15 is 0 Å². The second-order valence-electron chi connectivity index (χ2n) is 7.07. The number of carbonyl (C=O) groups excluding carboxylic acids is 1. The largest absolute Gasteiger partial charge is 0.376 e. The van der Waals surface area contributed by atoms with Crippen LogP contribution in [0.3, 0.4) is 0 Å². The number of hydrogen-bond acceptors (Lipinski definition) is 7.